The molecule has 0 aromatic carbocycles. The topological polar surface area (TPSA) is 47.3 Å². The Kier molecular flexibility index (Phi) is 3.75. The molecule has 1 heterocycles. The van der Waals surface area contributed by atoms with Gasteiger partial charge in [-0.15, -0.1) is 12.6 Å². The Morgan fingerprint density at radius 2 is 2.00 bits per heavy atom. The standard InChI is InChI=1S/C10H18N2OS/c1-8(11)7-9(14)10(13)3-5-12(2)6-4-10/h7,11,13-14H,3-6H2,1-2H3/b9-7-,11-8?. The normalized spacial score (nSPS) is 23.6. The van der Waals surface area contributed by atoms with Gasteiger partial charge in [0.25, 0.3) is 0 Å². The number of nitrogens with one attached hydrogen (secondary N) is 1. The van der Waals surface area contributed by atoms with Gasteiger partial charge < -0.3 is 15.4 Å². The molecule has 0 saturated carbocycles. The monoisotopic (exact) mass is 214 g/mol. The first-order chi connectivity index (χ1) is 6.44. The van der Waals surface area contributed by atoms with Crippen molar-refractivity contribution in [1.29, 1.82) is 5.41 Å². The van der Waals surface area contributed by atoms with Crippen molar-refractivity contribution in [2.75, 3.05) is 20.1 Å². The molecule has 1 saturated heterocycles. The molecule has 0 atom stereocenters. The molecule has 0 aromatic rings. The minimum absolute atomic E-state index is 0.433. The van der Waals surface area contributed by atoms with Crippen LogP contribution in [0.2, 0.25) is 0 Å². The van der Waals surface area contributed by atoms with Crippen molar-refractivity contribution in [3.63, 3.8) is 0 Å². The van der Waals surface area contributed by atoms with E-state index in [1.54, 1.807) is 13.0 Å². The number of allylic oxidation sites excluding steroid dienone is 1. The number of rotatable bonds is 2. The molecule has 0 aromatic heterocycles. The Labute approximate surface area is 90.7 Å². The van der Waals surface area contributed by atoms with E-state index >= 15 is 0 Å². The lowest BCUT2D eigenvalue weighted by Crippen LogP contribution is -2.43. The molecular weight excluding hydrogens is 196 g/mol. The number of piperidine rings is 1. The van der Waals surface area contributed by atoms with E-state index in [0.29, 0.717) is 23.5 Å². The zero-order valence-electron chi connectivity index (χ0n) is 8.75. The fraction of sp³-hybridized carbons (Fsp3) is 0.700. The molecule has 0 bridgehead atoms. The molecule has 1 aliphatic rings. The van der Waals surface area contributed by atoms with Crippen molar-refractivity contribution >= 4 is 18.3 Å². The highest BCUT2D eigenvalue weighted by Gasteiger charge is 2.33. The Morgan fingerprint density at radius 3 is 2.43 bits per heavy atom. The highest BCUT2D eigenvalue weighted by atomic mass is 32.1. The van der Waals surface area contributed by atoms with Gasteiger partial charge in [-0.1, -0.05) is 0 Å². The van der Waals surface area contributed by atoms with Gasteiger partial charge in [-0.05, 0) is 32.9 Å². The minimum atomic E-state index is -0.808. The largest absolute Gasteiger partial charge is 0.385 e. The van der Waals surface area contributed by atoms with Crippen LogP contribution in [0.1, 0.15) is 19.8 Å². The van der Waals surface area contributed by atoms with Gasteiger partial charge in [0.1, 0.15) is 0 Å². The molecule has 1 aliphatic heterocycles. The van der Waals surface area contributed by atoms with Crippen LogP contribution in [0.4, 0.5) is 0 Å². The maximum absolute atomic E-state index is 10.2. The lowest BCUT2D eigenvalue weighted by atomic mass is 9.90. The molecule has 4 heteroatoms. The van der Waals surface area contributed by atoms with Gasteiger partial charge in [0, 0.05) is 23.7 Å². The molecular formula is C10H18N2OS. The summed E-state index contributed by atoms with van der Waals surface area (Å²) in [5, 5.41) is 17.6. The minimum Gasteiger partial charge on any atom is -0.385 e. The molecule has 0 aliphatic carbocycles. The number of hydrogen-bond donors (Lipinski definition) is 3. The van der Waals surface area contributed by atoms with E-state index in [2.05, 4.69) is 17.5 Å². The third-order valence-electron chi connectivity index (χ3n) is 2.64. The van der Waals surface area contributed by atoms with Crippen LogP contribution in [-0.4, -0.2) is 41.5 Å². The number of thiol groups is 1. The maximum atomic E-state index is 10.2. The van der Waals surface area contributed by atoms with E-state index in [4.69, 9.17) is 5.41 Å². The summed E-state index contributed by atoms with van der Waals surface area (Å²) in [4.78, 5) is 2.81. The summed E-state index contributed by atoms with van der Waals surface area (Å²) in [7, 11) is 2.04. The van der Waals surface area contributed by atoms with Gasteiger partial charge >= 0.3 is 0 Å². The van der Waals surface area contributed by atoms with Crippen molar-refractivity contribution in [2.45, 2.75) is 25.4 Å². The number of hydrogen-bond acceptors (Lipinski definition) is 4. The van der Waals surface area contributed by atoms with Crippen LogP contribution in [0.15, 0.2) is 11.0 Å². The quantitative estimate of drug-likeness (QED) is 0.479. The van der Waals surface area contributed by atoms with Crippen molar-refractivity contribution < 1.29 is 5.11 Å². The van der Waals surface area contributed by atoms with Crippen molar-refractivity contribution in [3.05, 3.63) is 11.0 Å². The summed E-state index contributed by atoms with van der Waals surface area (Å²) in [6.07, 6.45) is 3.03. The Hall–Kier alpha value is -0.320. The molecule has 0 radical (unpaired) electrons. The Morgan fingerprint density at radius 1 is 1.50 bits per heavy atom. The summed E-state index contributed by atoms with van der Waals surface area (Å²) in [5.41, 5.74) is -0.375. The van der Waals surface area contributed by atoms with Crippen LogP contribution in [-0.2, 0) is 0 Å². The third-order valence-corrected chi connectivity index (χ3v) is 3.19. The average Bonchev–Trinajstić information content (AvgIpc) is 2.09. The molecule has 1 rings (SSSR count). The molecule has 0 unspecified atom stereocenters. The fourth-order valence-corrected chi connectivity index (χ4v) is 2.00. The molecule has 2 N–H and O–H groups in total. The van der Waals surface area contributed by atoms with Crippen LogP contribution < -0.4 is 0 Å². The van der Waals surface area contributed by atoms with Gasteiger partial charge in [-0.3, -0.25) is 0 Å². The molecule has 14 heavy (non-hydrogen) atoms. The lowest BCUT2D eigenvalue weighted by molar-refractivity contribution is 0.0236. The van der Waals surface area contributed by atoms with Crippen LogP contribution in [0.3, 0.4) is 0 Å². The smallest absolute Gasteiger partial charge is 0.0976 e. The highest BCUT2D eigenvalue weighted by molar-refractivity contribution is 7.84. The van der Waals surface area contributed by atoms with E-state index in [-0.39, 0.29) is 0 Å². The third kappa shape index (κ3) is 2.83. The predicted octanol–water partition coefficient (Wildman–Crippen LogP) is 1.30. The summed E-state index contributed by atoms with van der Waals surface area (Å²) >= 11 is 4.28. The molecule has 3 nitrogen and oxygen atoms in total. The Bertz CT molecular complexity index is 255. The zero-order chi connectivity index (χ0) is 10.8. The fourth-order valence-electron chi connectivity index (χ4n) is 1.58. The van der Waals surface area contributed by atoms with E-state index in [9.17, 15) is 5.11 Å². The van der Waals surface area contributed by atoms with Gasteiger partial charge in [0.05, 0.1) is 5.60 Å². The second-order valence-corrected chi connectivity index (χ2v) is 4.53. The molecule has 0 amide bonds. The first kappa shape index (κ1) is 11.8. The van der Waals surface area contributed by atoms with Crippen LogP contribution in [0.25, 0.3) is 0 Å². The first-order valence-electron chi connectivity index (χ1n) is 4.81. The SMILES string of the molecule is CC(=N)/C=C(\S)C1(O)CCN(C)CC1. The summed E-state index contributed by atoms with van der Waals surface area (Å²) in [6.45, 7) is 3.45. The van der Waals surface area contributed by atoms with Crippen LogP contribution in [0.5, 0.6) is 0 Å². The van der Waals surface area contributed by atoms with Crippen molar-refractivity contribution in [1.82, 2.24) is 4.90 Å². The van der Waals surface area contributed by atoms with Gasteiger partial charge in [0.15, 0.2) is 0 Å². The van der Waals surface area contributed by atoms with Crippen LogP contribution >= 0.6 is 12.6 Å². The van der Waals surface area contributed by atoms with E-state index in [1.165, 1.54) is 0 Å². The van der Waals surface area contributed by atoms with E-state index in [0.717, 1.165) is 13.1 Å². The lowest BCUT2D eigenvalue weighted by Gasteiger charge is -2.36. The summed E-state index contributed by atoms with van der Waals surface area (Å²) in [6, 6.07) is 0. The average molecular weight is 214 g/mol. The zero-order valence-corrected chi connectivity index (χ0v) is 9.64. The summed E-state index contributed by atoms with van der Waals surface area (Å²) in [5.74, 6) is 0. The van der Waals surface area contributed by atoms with Crippen molar-refractivity contribution in [2.24, 2.45) is 0 Å². The first-order valence-corrected chi connectivity index (χ1v) is 5.26. The molecule has 80 valence electrons. The predicted molar refractivity (Wildman–Crippen MR) is 62.2 cm³/mol. The maximum Gasteiger partial charge on any atom is 0.0976 e. The van der Waals surface area contributed by atoms with Gasteiger partial charge in [-0.25, -0.2) is 0 Å². The molecule has 0 spiro atoms. The highest BCUT2D eigenvalue weighted by Crippen LogP contribution is 2.31. The van der Waals surface area contributed by atoms with Gasteiger partial charge in [0.2, 0.25) is 0 Å². The van der Waals surface area contributed by atoms with Gasteiger partial charge in [-0.2, -0.15) is 0 Å². The number of aliphatic hydroxyl groups is 1. The second kappa shape index (κ2) is 4.47. The van der Waals surface area contributed by atoms with Crippen LogP contribution in [0, 0.1) is 5.41 Å². The number of likely N-dealkylation sites (tertiary alicyclic amines) is 1. The van der Waals surface area contributed by atoms with Crippen molar-refractivity contribution in [3.8, 4) is 0 Å². The second-order valence-electron chi connectivity index (χ2n) is 4.05. The number of nitrogens with zero attached hydrogens (tertiary/aromatic N) is 1. The summed E-state index contributed by atoms with van der Waals surface area (Å²) < 4.78 is 0. The Balaban J connectivity index is 2.70. The van der Waals surface area contributed by atoms with E-state index in [1.807, 2.05) is 7.05 Å². The molecule has 1 fully saturated rings. The van der Waals surface area contributed by atoms with E-state index < -0.39 is 5.60 Å².